The van der Waals surface area contributed by atoms with Crippen LogP contribution in [0.4, 0.5) is 11.4 Å². The van der Waals surface area contributed by atoms with E-state index in [2.05, 4.69) is 47.2 Å². The van der Waals surface area contributed by atoms with Gasteiger partial charge >= 0.3 is 0 Å². The Hall–Kier alpha value is -1.29. The van der Waals surface area contributed by atoms with Crippen molar-refractivity contribution in [2.75, 3.05) is 43.9 Å². The molecule has 0 atom stereocenters. The van der Waals surface area contributed by atoms with E-state index in [0.29, 0.717) is 6.04 Å². The Morgan fingerprint density at radius 2 is 2.11 bits per heavy atom. The van der Waals surface area contributed by atoms with Crippen LogP contribution in [0.25, 0.3) is 0 Å². The second-order valence-corrected chi connectivity index (χ2v) is 5.14. The lowest BCUT2D eigenvalue weighted by molar-refractivity contribution is 0.229. The second kappa shape index (κ2) is 6.05. The van der Waals surface area contributed by atoms with E-state index >= 15 is 0 Å². The van der Waals surface area contributed by atoms with Gasteiger partial charge in [-0.25, -0.2) is 0 Å². The van der Waals surface area contributed by atoms with Gasteiger partial charge in [0.05, 0.1) is 17.6 Å². The van der Waals surface area contributed by atoms with E-state index in [0.717, 1.165) is 5.69 Å². The van der Waals surface area contributed by atoms with Gasteiger partial charge in [-0.15, -0.1) is 0 Å². The number of likely N-dealkylation sites (tertiary alicyclic amines) is 1. The summed E-state index contributed by atoms with van der Waals surface area (Å²) in [4.78, 5) is 8.86. The summed E-state index contributed by atoms with van der Waals surface area (Å²) >= 11 is 0. The molecule has 0 aliphatic carbocycles. The summed E-state index contributed by atoms with van der Waals surface area (Å²) in [6.45, 7) is 5.80. The molecular formula is C14H24N4. The number of nitrogens with zero attached hydrogens (tertiary/aromatic N) is 3. The summed E-state index contributed by atoms with van der Waals surface area (Å²) < 4.78 is 0. The first-order valence-electron chi connectivity index (χ1n) is 6.81. The highest BCUT2D eigenvalue weighted by Crippen LogP contribution is 2.25. The van der Waals surface area contributed by atoms with Crippen LogP contribution in [-0.4, -0.2) is 49.7 Å². The van der Waals surface area contributed by atoms with E-state index in [9.17, 15) is 0 Å². The average Bonchev–Trinajstić information content (AvgIpc) is 2.40. The van der Waals surface area contributed by atoms with Crippen molar-refractivity contribution in [1.82, 2.24) is 9.88 Å². The summed E-state index contributed by atoms with van der Waals surface area (Å²) in [5, 5.41) is 3.64. The van der Waals surface area contributed by atoms with E-state index in [1.54, 1.807) is 0 Å². The van der Waals surface area contributed by atoms with Crippen molar-refractivity contribution < 1.29 is 0 Å². The van der Waals surface area contributed by atoms with Crippen molar-refractivity contribution >= 4 is 11.4 Å². The summed E-state index contributed by atoms with van der Waals surface area (Å²) in [5.41, 5.74) is 2.36. The molecule has 1 fully saturated rings. The minimum Gasteiger partial charge on any atom is -0.379 e. The average molecular weight is 248 g/mol. The molecule has 0 amide bonds. The van der Waals surface area contributed by atoms with Crippen LogP contribution in [0, 0.1) is 0 Å². The SMILES string of the molecule is CCN1CCC(Nc2cnccc2N(C)C)CC1. The monoisotopic (exact) mass is 248 g/mol. The van der Waals surface area contributed by atoms with Gasteiger partial charge in [0.15, 0.2) is 0 Å². The first kappa shape index (κ1) is 13.1. The lowest BCUT2D eigenvalue weighted by Gasteiger charge is -2.32. The van der Waals surface area contributed by atoms with Gasteiger partial charge in [0.2, 0.25) is 0 Å². The number of rotatable bonds is 4. The van der Waals surface area contributed by atoms with Gasteiger partial charge in [0.25, 0.3) is 0 Å². The summed E-state index contributed by atoms with van der Waals surface area (Å²) in [7, 11) is 4.14. The van der Waals surface area contributed by atoms with Crippen LogP contribution in [0.2, 0.25) is 0 Å². The Morgan fingerprint density at radius 3 is 2.72 bits per heavy atom. The van der Waals surface area contributed by atoms with E-state index < -0.39 is 0 Å². The first-order chi connectivity index (χ1) is 8.70. The molecule has 0 unspecified atom stereocenters. The molecule has 0 aromatic carbocycles. The molecule has 2 rings (SSSR count). The van der Waals surface area contributed by atoms with Gasteiger partial charge in [0.1, 0.15) is 0 Å². The van der Waals surface area contributed by atoms with Crippen LogP contribution in [0.15, 0.2) is 18.5 Å². The van der Waals surface area contributed by atoms with Gasteiger partial charge in [-0.05, 0) is 25.5 Å². The first-order valence-corrected chi connectivity index (χ1v) is 6.81. The van der Waals surface area contributed by atoms with Crippen LogP contribution in [0.5, 0.6) is 0 Å². The summed E-state index contributed by atoms with van der Waals surface area (Å²) in [5.74, 6) is 0. The zero-order valence-electron chi connectivity index (χ0n) is 11.7. The molecule has 4 nitrogen and oxygen atoms in total. The zero-order chi connectivity index (χ0) is 13.0. The molecule has 1 N–H and O–H groups in total. The van der Waals surface area contributed by atoms with Gasteiger partial charge in [-0.1, -0.05) is 6.92 Å². The highest BCUT2D eigenvalue weighted by atomic mass is 15.1. The van der Waals surface area contributed by atoms with Crippen LogP contribution in [0.3, 0.4) is 0 Å². The molecule has 0 bridgehead atoms. The molecule has 1 aliphatic heterocycles. The largest absolute Gasteiger partial charge is 0.379 e. The van der Waals surface area contributed by atoms with Crippen LogP contribution >= 0.6 is 0 Å². The minimum atomic E-state index is 0.579. The van der Waals surface area contributed by atoms with Crippen molar-refractivity contribution in [1.29, 1.82) is 0 Å². The Bertz CT molecular complexity index is 370. The van der Waals surface area contributed by atoms with E-state index in [4.69, 9.17) is 0 Å². The Balaban J connectivity index is 1.98. The van der Waals surface area contributed by atoms with E-state index in [1.165, 1.54) is 38.2 Å². The van der Waals surface area contributed by atoms with Crippen LogP contribution < -0.4 is 10.2 Å². The third-order valence-electron chi connectivity index (χ3n) is 3.67. The van der Waals surface area contributed by atoms with Crippen molar-refractivity contribution in [3.05, 3.63) is 18.5 Å². The lowest BCUT2D eigenvalue weighted by atomic mass is 10.0. The maximum Gasteiger partial charge on any atom is 0.0766 e. The predicted octanol–water partition coefficient (Wildman–Crippen LogP) is 2.04. The molecule has 1 aromatic rings. The van der Waals surface area contributed by atoms with Gasteiger partial charge < -0.3 is 15.1 Å². The number of pyridine rings is 1. The van der Waals surface area contributed by atoms with Gasteiger partial charge in [-0.3, -0.25) is 4.98 Å². The number of aromatic nitrogens is 1. The lowest BCUT2D eigenvalue weighted by Crippen LogP contribution is -2.39. The fourth-order valence-electron chi connectivity index (χ4n) is 2.50. The maximum absolute atomic E-state index is 4.22. The molecule has 1 aliphatic rings. The fourth-order valence-corrected chi connectivity index (χ4v) is 2.50. The molecule has 18 heavy (non-hydrogen) atoms. The predicted molar refractivity (Wildman–Crippen MR) is 77.3 cm³/mol. The molecule has 2 heterocycles. The molecule has 1 aromatic heterocycles. The molecular weight excluding hydrogens is 224 g/mol. The zero-order valence-corrected chi connectivity index (χ0v) is 11.7. The minimum absolute atomic E-state index is 0.579. The molecule has 0 saturated carbocycles. The number of piperidine rings is 1. The van der Waals surface area contributed by atoms with Crippen molar-refractivity contribution in [3.63, 3.8) is 0 Å². The third-order valence-corrected chi connectivity index (χ3v) is 3.67. The van der Waals surface area contributed by atoms with E-state index in [1.807, 2.05) is 12.4 Å². The van der Waals surface area contributed by atoms with Crippen LogP contribution in [0.1, 0.15) is 19.8 Å². The Morgan fingerprint density at radius 1 is 1.39 bits per heavy atom. The maximum atomic E-state index is 4.22. The topological polar surface area (TPSA) is 31.4 Å². The smallest absolute Gasteiger partial charge is 0.0766 e. The normalized spacial score (nSPS) is 17.7. The highest BCUT2D eigenvalue weighted by molar-refractivity contribution is 5.68. The molecule has 0 spiro atoms. The van der Waals surface area contributed by atoms with Crippen molar-refractivity contribution in [3.8, 4) is 0 Å². The number of hydrogen-bond acceptors (Lipinski definition) is 4. The van der Waals surface area contributed by atoms with Gasteiger partial charge in [-0.2, -0.15) is 0 Å². The van der Waals surface area contributed by atoms with E-state index in [-0.39, 0.29) is 0 Å². The quantitative estimate of drug-likeness (QED) is 0.883. The molecule has 4 heteroatoms. The highest BCUT2D eigenvalue weighted by Gasteiger charge is 2.18. The van der Waals surface area contributed by atoms with Crippen molar-refractivity contribution in [2.45, 2.75) is 25.8 Å². The fraction of sp³-hybridized carbons (Fsp3) is 0.643. The standard InChI is InChI=1S/C14H24N4/c1-4-18-9-6-12(7-10-18)16-13-11-15-8-5-14(13)17(2)3/h5,8,11-12,16H,4,6-7,9-10H2,1-3H3. The Kier molecular flexibility index (Phi) is 4.42. The number of anilines is 2. The molecule has 100 valence electrons. The number of hydrogen-bond donors (Lipinski definition) is 1. The molecule has 0 radical (unpaired) electrons. The molecule has 1 saturated heterocycles. The third kappa shape index (κ3) is 3.13. The van der Waals surface area contributed by atoms with Crippen LogP contribution in [-0.2, 0) is 0 Å². The van der Waals surface area contributed by atoms with Gasteiger partial charge in [0, 0.05) is 39.4 Å². The van der Waals surface area contributed by atoms with Crippen molar-refractivity contribution in [2.24, 2.45) is 0 Å². The second-order valence-electron chi connectivity index (χ2n) is 5.14. The summed E-state index contributed by atoms with van der Waals surface area (Å²) in [6, 6.07) is 2.64. The summed E-state index contributed by atoms with van der Waals surface area (Å²) in [6.07, 6.45) is 6.22. The Labute approximate surface area is 110 Å². The number of nitrogens with one attached hydrogen (secondary N) is 1.